The first kappa shape index (κ1) is 25.2. The highest BCUT2D eigenvalue weighted by Gasteiger charge is 2.34. The van der Waals surface area contributed by atoms with E-state index in [1.807, 2.05) is 75.4 Å². The van der Waals surface area contributed by atoms with Crippen LogP contribution in [0.25, 0.3) is 0 Å². The molecule has 0 unspecified atom stereocenters. The molecule has 3 rings (SSSR count). The van der Waals surface area contributed by atoms with Gasteiger partial charge in [-0.2, -0.15) is 5.10 Å². The molecule has 0 spiro atoms. The number of hydrogen-bond acceptors (Lipinski definition) is 5. The van der Waals surface area contributed by atoms with Crippen molar-refractivity contribution in [2.75, 3.05) is 33.9 Å². The van der Waals surface area contributed by atoms with Gasteiger partial charge in [-0.1, -0.05) is 42.5 Å². The van der Waals surface area contributed by atoms with E-state index in [1.165, 1.54) is 9.91 Å². The molecule has 8 heteroatoms. The van der Waals surface area contributed by atoms with Crippen LogP contribution in [0.2, 0.25) is 0 Å². The third kappa shape index (κ3) is 6.57. The predicted octanol–water partition coefficient (Wildman–Crippen LogP) is 3.83. The van der Waals surface area contributed by atoms with Crippen LogP contribution in [0.1, 0.15) is 44.4 Å². The lowest BCUT2D eigenvalue weighted by atomic mass is 9.98. The summed E-state index contributed by atoms with van der Waals surface area (Å²) in [6.07, 6.45) is 0.565. The SMILES string of the molecule is COCCN(CC(=O)N1N=C(c2cccc(OC)c2)C[C@@H]1c1ccccc1)C(=O)NC(C)(C)C. The number of benzene rings is 2. The molecule has 0 aromatic heterocycles. The number of urea groups is 1. The van der Waals surface area contributed by atoms with Gasteiger partial charge in [0.05, 0.1) is 25.5 Å². The van der Waals surface area contributed by atoms with Crippen molar-refractivity contribution in [3.05, 3.63) is 65.7 Å². The van der Waals surface area contributed by atoms with Crippen LogP contribution in [0.4, 0.5) is 4.79 Å². The number of hydrazone groups is 1. The zero-order valence-electron chi connectivity index (χ0n) is 20.6. The molecule has 0 fully saturated rings. The van der Waals surface area contributed by atoms with Crippen molar-refractivity contribution in [2.45, 2.75) is 38.8 Å². The zero-order valence-corrected chi connectivity index (χ0v) is 20.6. The Balaban J connectivity index is 1.88. The average molecular weight is 467 g/mol. The minimum absolute atomic E-state index is 0.108. The molecular formula is C26H34N4O4. The number of methoxy groups -OCH3 is 2. The van der Waals surface area contributed by atoms with E-state index in [9.17, 15) is 9.59 Å². The fraction of sp³-hybridized carbons (Fsp3) is 0.423. The quantitative estimate of drug-likeness (QED) is 0.641. The van der Waals surface area contributed by atoms with Crippen LogP contribution in [0.15, 0.2) is 59.7 Å². The van der Waals surface area contributed by atoms with Crippen LogP contribution in [0.3, 0.4) is 0 Å². The maximum Gasteiger partial charge on any atom is 0.318 e. The van der Waals surface area contributed by atoms with Crippen molar-refractivity contribution < 1.29 is 19.1 Å². The van der Waals surface area contributed by atoms with Crippen LogP contribution >= 0.6 is 0 Å². The minimum atomic E-state index is -0.427. The van der Waals surface area contributed by atoms with E-state index in [0.717, 1.165) is 22.6 Å². The Morgan fingerprint density at radius 1 is 1.12 bits per heavy atom. The van der Waals surface area contributed by atoms with Crippen LogP contribution in [0, 0.1) is 0 Å². The van der Waals surface area contributed by atoms with E-state index < -0.39 is 5.54 Å². The van der Waals surface area contributed by atoms with Gasteiger partial charge in [0, 0.05) is 31.2 Å². The Morgan fingerprint density at radius 2 is 1.85 bits per heavy atom. The van der Waals surface area contributed by atoms with E-state index in [4.69, 9.17) is 14.6 Å². The third-order valence-corrected chi connectivity index (χ3v) is 5.41. The summed E-state index contributed by atoms with van der Waals surface area (Å²) in [6.45, 7) is 6.21. The maximum absolute atomic E-state index is 13.5. The van der Waals surface area contributed by atoms with Crippen LogP contribution in [0.5, 0.6) is 5.75 Å². The minimum Gasteiger partial charge on any atom is -0.497 e. The van der Waals surface area contributed by atoms with Crippen molar-refractivity contribution in [1.82, 2.24) is 15.2 Å². The molecule has 2 aromatic carbocycles. The average Bonchev–Trinajstić information content (AvgIpc) is 3.27. The molecule has 0 bridgehead atoms. The first-order chi connectivity index (χ1) is 16.2. The van der Waals surface area contributed by atoms with Crippen molar-refractivity contribution in [1.29, 1.82) is 0 Å². The molecule has 0 saturated carbocycles. The molecule has 1 atom stereocenters. The lowest BCUT2D eigenvalue weighted by Crippen LogP contribution is -2.52. The Kier molecular flexibility index (Phi) is 8.28. The van der Waals surface area contributed by atoms with Crippen molar-refractivity contribution in [3.63, 3.8) is 0 Å². The number of ether oxygens (including phenoxy) is 2. The number of amides is 3. The Bertz CT molecular complexity index is 1020. The van der Waals surface area contributed by atoms with Crippen LogP contribution in [-0.2, 0) is 9.53 Å². The number of carbonyl (C=O) groups excluding carboxylic acids is 2. The van der Waals surface area contributed by atoms with Crippen molar-refractivity contribution in [3.8, 4) is 5.75 Å². The molecule has 1 aliphatic rings. The number of nitrogens with one attached hydrogen (secondary N) is 1. The molecule has 0 saturated heterocycles. The van der Waals surface area contributed by atoms with Gasteiger partial charge in [0.15, 0.2) is 0 Å². The fourth-order valence-corrected chi connectivity index (χ4v) is 3.74. The summed E-state index contributed by atoms with van der Waals surface area (Å²) in [7, 11) is 3.19. The molecule has 182 valence electrons. The van der Waals surface area contributed by atoms with Gasteiger partial charge in [-0.05, 0) is 38.5 Å². The molecule has 1 heterocycles. The van der Waals surface area contributed by atoms with E-state index >= 15 is 0 Å². The Hall–Kier alpha value is -3.39. The maximum atomic E-state index is 13.5. The number of hydrogen-bond donors (Lipinski definition) is 1. The van der Waals surface area contributed by atoms with E-state index in [0.29, 0.717) is 19.6 Å². The molecule has 3 amide bonds. The van der Waals surface area contributed by atoms with E-state index in [1.54, 1.807) is 14.2 Å². The van der Waals surface area contributed by atoms with Gasteiger partial charge in [0.2, 0.25) is 0 Å². The predicted molar refractivity (Wildman–Crippen MR) is 132 cm³/mol. The van der Waals surface area contributed by atoms with Gasteiger partial charge in [-0.15, -0.1) is 0 Å². The highest BCUT2D eigenvalue weighted by atomic mass is 16.5. The number of rotatable bonds is 8. The summed E-state index contributed by atoms with van der Waals surface area (Å²) >= 11 is 0. The number of nitrogens with zero attached hydrogens (tertiary/aromatic N) is 3. The summed E-state index contributed by atoms with van der Waals surface area (Å²) in [5.74, 6) is 0.470. The highest BCUT2D eigenvalue weighted by Crippen LogP contribution is 2.33. The van der Waals surface area contributed by atoms with Crippen molar-refractivity contribution in [2.24, 2.45) is 5.10 Å². The normalized spacial score (nSPS) is 15.6. The highest BCUT2D eigenvalue weighted by molar-refractivity contribution is 6.03. The molecule has 8 nitrogen and oxygen atoms in total. The van der Waals surface area contributed by atoms with Gasteiger partial charge in [0.25, 0.3) is 5.91 Å². The molecular weight excluding hydrogens is 432 g/mol. The molecule has 34 heavy (non-hydrogen) atoms. The Morgan fingerprint density at radius 3 is 2.50 bits per heavy atom. The molecule has 2 aromatic rings. The standard InChI is InChI=1S/C26H34N4O4/c1-26(2,3)27-25(32)29(14-15-33-4)18-24(31)30-23(19-10-7-6-8-11-19)17-22(28-30)20-12-9-13-21(16-20)34-5/h6-13,16,23H,14-15,17-18H2,1-5H3,(H,27,32)/t23-/m1/s1. The largest absolute Gasteiger partial charge is 0.497 e. The van der Waals surface area contributed by atoms with Crippen LogP contribution in [-0.4, -0.2) is 67.0 Å². The summed E-state index contributed by atoms with van der Waals surface area (Å²) in [5.41, 5.74) is 2.25. The summed E-state index contributed by atoms with van der Waals surface area (Å²) in [4.78, 5) is 27.8. The molecule has 1 N–H and O–H groups in total. The second kappa shape index (κ2) is 11.2. The van der Waals surface area contributed by atoms with Gasteiger partial charge in [-0.25, -0.2) is 9.80 Å². The lowest BCUT2D eigenvalue weighted by Gasteiger charge is -2.30. The van der Waals surface area contributed by atoms with Gasteiger partial charge in [-0.3, -0.25) is 4.79 Å². The molecule has 0 aliphatic carbocycles. The molecule has 0 radical (unpaired) electrons. The zero-order chi connectivity index (χ0) is 24.7. The first-order valence-electron chi connectivity index (χ1n) is 11.4. The van der Waals surface area contributed by atoms with E-state index in [2.05, 4.69) is 5.32 Å². The van der Waals surface area contributed by atoms with Crippen LogP contribution < -0.4 is 10.1 Å². The fourth-order valence-electron chi connectivity index (χ4n) is 3.74. The topological polar surface area (TPSA) is 83.5 Å². The number of carbonyl (C=O) groups is 2. The smallest absolute Gasteiger partial charge is 0.318 e. The Labute approximate surface area is 201 Å². The van der Waals surface area contributed by atoms with Gasteiger partial charge in [0.1, 0.15) is 12.3 Å². The second-order valence-corrected chi connectivity index (χ2v) is 9.24. The third-order valence-electron chi connectivity index (χ3n) is 5.41. The molecule has 1 aliphatic heterocycles. The van der Waals surface area contributed by atoms with E-state index in [-0.39, 0.29) is 24.5 Å². The van der Waals surface area contributed by atoms with Gasteiger partial charge < -0.3 is 19.7 Å². The summed E-state index contributed by atoms with van der Waals surface area (Å²) in [5, 5.41) is 9.15. The first-order valence-corrected chi connectivity index (χ1v) is 11.4. The second-order valence-electron chi connectivity index (χ2n) is 9.24. The van der Waals surface area contributed by atoms with Gasteiger partial charge >= 0.3 is 6.03 Å². The summed E-state index contributed by atoms with van der Waals surface area (Å²) < 4.78 is 10.5. The van der Waals surface area contributed by atoms with Crippen molar-refractivity contribution >= 4 is 17.6 Å². The summed E-state index contributed by atoms with van der Waals surface area (Å²) in [6, 6.07) is 16.9. The lowest BCUT2D eigenvalue weighted by molar-refractivity contribution is -0.133. The monoisotopic (exact) mass is 466 g/mol.